The second-order valence-corrected chi connectivity index (χ2v) is 5.62. The molecule has 3 N–H and O–H groups in total. The fraction of sp³-hybridized carbons (Fsp3) is 0.600. The van der Waals surface area contributed by atoms with Crippen molar-refractivity contribution in [1.82, 2.24) is 4.90 Å². The minimum Gasteiger partial charge on any atom is -0.508 e. The number of halogens is 1. The van der Waals surface area contributed by atoms with Crippen LogP contribution in [0.4, 0.5) is 4.39 Å². The number of nitrogens with two attached hydrogens (primary N) is 1. The van der Waals surface area contributed by atoms with Crippen molar-refractivity contribution in [2.75, 3.05) is 7.05 Å². The van der Waals surface area contributed by atoms with E-state index in [4.69, 9.17) is 5.73 Å². The van der Waals surface area contributed by atoms with Gasteiger partial charge in [0.2, 0.25) is 0 Å². The topological polar surface area (TPSA) is 49.5 Å². The molecule has 1 aliphatic carbocycles. The zero-order chi connectivity index (χ0) is 14.0. The summed E-state index contributed by atoms with van der Waals surface area (Å²) < 4.78 is 13.9. The van der Waals surface area contributed by atoms with Gasteiger partial charge in [-0.1, -0.05) is 6.07 Å². The van der Waals surface area contributed by atoms with Crippen LogP contribution in [0.25, 0.3) is 0 Å². The van der Waals surface area contributed by atoms with Gasteiger partial charge in [-0.15, -0.1) is 0 Å². The molecule has 2 rings (SSSR count). The maximum atomic E-state index is 13.9. The van der Waals surface area contributed by atoms with E-state index in [0.29, 0.717) is 17.6 Å². The molecule has 0 aliphatic heterocycles. The molecule has 0 saturated heterocycles. The molecule has 106 valence electrons. The van der Waals surface area contributed by atoms with Gasteiger partial charge in [-0.25, -0.2) is 4.39 Å². The molecule has 1 saturated carbocycles. The Morgan fingerprint density at radius 2 is 1.95 bits per heavy atom. The van der Waals surface area contributed by atoms with E-state index in [1.165, 1.54) is 6.07 Å². The zero-order valence-corrected chi connectivity index (χ0v) is 11.6. The van der Waals surface area contributed by atoms with Crippen LogP contribution in [0.1, 0.15) is 44.2 Å². The summed E-state index contributed by atoms with van der Waals surface area (Å²) in [7, 11) is 2.04. The molecule has 0 aromatic heterocycles. The Kier molecular flexibility index (Phi) is 4.42. The van der Waals surface area contributed by atoms with Crippen LogP contribution < -0.4 is 5.73 Å². The Hall–Kier alpha value is -1.13. The third-order valence-electron chi connectivity index (χ3n) is 4.36. The fourth-order valence-electron chi connectivity index (χ4n) is 2.90. The summed E-state index contributed by atoms with van der Waals surface area (Å²) in [6, 6.07) is 5.17. The molecule has 1 aliphatic rings. The van der Waals surface area contributed by atoms with Gasteiger partial charge in [0.15, 0.2) is 0 Å². The summed E-state index contributed by atoms with van der Waals surface area (Å²) in [6.45, 7) is 2.00. The number of benzene rings is 1. The van der Waals surface area contributed by atoms with E-state index < -0.39 is 0 Å². The molecule has 1 atom stereocenters. The molecule has 0 bridgehead atoms. The number of hydrogen-bond acceptors (Lipinski definition) is 3. The molecule has 0 spiro atoms. The quantitative estimate of drug-likeness (QED) is 0.884. The number of hydrogen-bond donors (Lipinski definition) is 2. The highest BCUT2D eigenvalue weighted by Crippen LogP contribution is 2.30. The predicted octanol–water partition coefficient (Wildman–Crippen LogP) is 2.79. The van der Waals surface area contributed by atoms with Crippen molar-refractivity contribution in [3.63, 3.8) is 0 Å². The molecule has 0 radical (unpaired) electrons. The average Bonchev–Trinajstić information content (AvgIpc) is 2.38. The van der Waals surface area contributed by atoms with Crippen molar-refractivity contribution >= 4 is 0 Å². The molecule has 1 aromatic carbocycles. The minimum absolute atomic E-state index is 0.0000699. The number of nitrogens with zero attached hydrogens (tertiary/aromatic N) is 1. The third-order valence-corrected chi connectivity index (χ3v) is 4.36. The molecular formula is C15H23FN2O. The van der Waals surface area contributed by atoms with E-state index in [1.54, 1.807) is 12.1 Å². The van der Waals surface area contributed by atoms with Gasteiger partial charge >= 0.3 is 0 Å². The lowest BCUT2D eigenvalue weighted by atomic mass is 9.89. The van der Waals surface area contributed by atoms with Crippen LogP contribution in [-0.2, 0) is 0 Å². The lowest BCUT2D eigenvalue weighted by molar-refractivity contribution is 0.138. The first-order valence-electron chi connectivity index (χ1n) is 6.95. The molecule has 3 nitrogen and oxygen atoms in total. The molecule has 1 unspecified atom stereocenters. The van der Waals surface area contributed by atoms with Crippen molar-refractivity contribution in [2.24, 2.45) is 5.73 Å². The molecule has 19 heavy (non-hydrogen) atoms. The van der Waals surface area contributed by atoms with E-state index in [9.17, 15) is 9.50 Å². The highest BCUT2D eigenvalue weighted by Gasteiger charge is 2.26. The van der Waals surface area contributed by atoms with Crippen LogP contribution in [0.3, 0.4) is 0 Å². The molecule has 1 aromatic rings. The van der Waals surface area contributed by atoms with Crippen molar-refractivity contribution in [2.45, 2.75) is 50.7 Å². The highest BCUT2D eigenvalue weighted by atomic mass is 19.1. The smallest absolute Gasteiger partial charge is 0.131 e. The Labute approximate surface area is 114 Å². The number of aromatic hydroxyl groups is 1. The lowest BCUT2D eigenvalue weighted by Crippen LogP contribution is -2.40. The van der Waals surface area contributed by atoms with Gasteiger partial charge in [-0.05, 0) is 45.7 Å². The van der Waals surface area contributed by atoms with Crippen LogP contribution in [0.2, 0.25) is 0 Å². The van der Waals surface area contributed by atoms with E-state index in [2.05, 4.69) is 4.90 Å². The minimum atomic E-state index is -0.341. The van der Waals surface area contributed by atoms with Crippen LogP contribution >= 0.6 is 0 Å². The van der Waals surface area contributed by atoms with Gasteiger partial charge in [0.05, 0.1) is 0 Å². The molecule has 4 heteroatoms. The second kappa shape index (κ2) is 5.88. The van der Waals surface area contributed by atoms with Crippen molar-refractivity contribution in [1.29, 1.82) is 0 Å². The van der Waals surface area contributed by atoms with Gasteiger partial charge in [0.25, 0.3) is 0 Å². The lowest BCUT2D eigenvalue weighted by Gasteiger charge is -2.37. The first kappa shape index (κ1) is 14.3. The van der Waals surface area contributed by atoms with E-state index in [0.717, 1.165) is 25.7 Å². The van der Waals surface area contributed by atoms with Gasteiger partial charge in [0, 0.05) is 29.8 Å². The van der Waals surface area contributed by atoms with Crippen LogP contribution in [0.15, 0.2) is 18.2 Å². The second-order valence-electron chi connectivity index (χ2n) is 5.62. The monoisotopic (exact) mass is 266 g/mol. The van der Waals surface area contributed by atoms with Crippen LogP contribution in [-0.4, -0.2) is 29.1 Å². The normalized spacial score (nSPS) is 25.5. The third kappa shape index (κ3) is 3.25. The van der Waals surface area contributed by atoms with E-state index in [1.807, 2.05) is 14.0 Å². The largest absolute Gasteiger partial charge is 0.508 e. The Morgan fingerprint density at radius 3 is 2.53 bits per heavy atom. The van der Waals surface area contributed by atoms with Gasteiger partial charge < -0.3 is 10.8 Å². The first-order valence-corrected chi connectivity index (χ1v) is 6.95. The van der Waals surface area contributed by atoms with Crippen molar-refractivity contribution in [3.8, 4) is 5.75 Å². The van der Waals surface area contributed by atoms with Crippen molar-refractivity contribution < 1.29 is 9.50 Å². The van der Waals surface area contributed by atoms with Crippen LogP contribution in [0.5, 0.6) is 5.75 Å². The van der Waals surface area contributed by atoms with E-state index in [-0.39, 0.29) is 17.6 Å². The first-order chi connectivity index (χ1) is 8.99. The molecule has 0 heterocycles. The maximum absolute atomic E-state index is 13.9. The van der Waals surface area contributed by atoms with E-state index >= 15 is 0 Å². The Morgan fingerprint density at radius 1 is 1.32 bits per heavy atom. The summed E-state index contributed by atoms with van der Waals surface area (Å²) in [5.41, 5.74) is 6.55. The average molecular weight is 266 g/mol. The maximum Gasteiger partial charge on any atom is 0.131 e. The predicted molar refractivity (Wildman–Crippen MR) is 74.5 cm³/mol. The van der Waals surface area contributed by atoms with Crippen molar-refractivity contribution in [3.05, 3.63) is 29.6 Å². The summed E-state index contributed by atoms with van der Waals surface area (Å²) in [5.74, 6) is -0.369. The number of phenols is 1. The number of rotatable bonds is 3. The molecular weight excluding hydrogens is 243 g/mol. The summed E-state index contributed by atoms with van der Waals surface area (Å²) in [5, 5.41) is 9.27. The summed E-state index contributed by atoms with van der Waals surface area (Å²) >= 11 is 0. The molecule has 1 fully saturated rings. The van der Waals surface area contributed by atoms with Crippen LogP contribution in [0, 0.1) is 5.82 Å². The summed E-state index contributed by atoms with van der Waals surface area (Å²) in [6.07, 6.45) is 4.23. The fourth-order valence-corrected chi connectivity index (χ4v) is 2.90. The Bertz CT molecular complexity index is 430. The number of phenolic OH excluding ortho intramolecular Hbond substituents is 1. The van der Waals surface area contributed by atoms with Gasteiger partial charge in [-0.3, -0.25) is 4.90 Å². The SMILES string of the molecule is CC(c1ccc(O)cc1F)N(C)C1CCC(N)CC1. The van der Waals surface area contributed by atoms with Gasteiger partial charge in [-0.2, -0.15) is 0 Å². The zero-order valence-electron chi connectivity index (χ0n) is 11.6. The van der Waals surface area contributed by atoms with Gasteiger partial charge in [0.1, 0.15) is 11.6 Å². The summed E-state index contributed by atoms with van der Waals surface area (Å²) in [4.78, 5) is 2.22. The Balaban J connectivity index is 2.08. The standard InChI is InChI=1S/C15H23FN2O/c1-10(14-8-7-13(19)9-15(14)16)18(2)12-5-3-11(17)4-6-12/h7-12,19H,3-6,17H2,1-2H3. The molecule has 0 amide bonds. The highest BCUT2D eigenvalue weighted by molar-refractivity contribution is 5.29.